The Kier molecular flexibility index (Phi) is 1.47. The minimum atomic E-state index is -0.976. The molecule has 9 heavy (non-hydrogen) atoms. The Balaban J connectivity index is 2.73. The van der Waals surface area contributed by atoms with Gasteiger partial charge in [-0.05, 0) is 0 Å². The summed E-state index contributed by atoms with van der Waals surface area (Å²) < 4.78 is 0. The molecule has 0 bridgehead atoms. The van der Waals surface area contributed by atoms with Gasteiger partial charge in [0.1, 0.15) is 6.07 Å². The molecule has 0 fully saturated rings. The van der Waals surface area contributed by atoms with Crippen LogP contribution in [-0.4, -0.2) is 17.7 Å². The Bertz CT molecular complexity index is 201. The van der Waals surface area contributed by atoms with E-state index in [-0.39, 0.29) is 5.57 Å². The maximum Gasteiger partial charge on any atom is 0.184 e. The fraction of sp³-hybridized carbons (Fsp3) is 0.200. The Labute approximate surface area is 52.1 Å². The Morgan fingerprint density at radius 1 is 1.89 bits per heavy atom. The van der Waals surface area contributed by atoms with Crippen LogP contribution in [0.1, 0.15) is 0 Å². The Hall–Kier alpha value is -1.34. The number of rotatable bonds is 0. The molecule has 0 saturated heterocycles. The molecule has 0 aromatic carbocycles. The van der Waals surface area contributed by atoms with Crippen molar-refractivity contribution in [2.24, 2.45) is 4.99 Å². The number of nitriles is 1. The second-order valence-corrected chi connectivity index (χ2v) is 1.53. The third kappa shape index (κ3) is 1.06. The Morgan fingerprint density at radius 3 is 3.11 bits per heavy atom. The molecule has 0 radical (unpaired) electrons. The van der Waals surface area contributed by atoms with Gasteiger partial charge < -0.3 is 10.4 Å². The highest BCUT2D eigenvalue weighted by Gasteiger charge is 2.08. The monoisotopic (exact) mass is 123 g/mol. The summed E-state index contributed by atoms with van der Waals surface area (Å²) in [5.41, 5.74) is 0.234. The van der Waals surface area contributed by atoms with Crippen LogP contribution < -0.4 is 5.32 Å². The zero-order valence-electron chi connectivity index (χ0n) is 4.57. The van der Waals surface area contributed by atoms with Gasteiger partial charge in [0, 0.05) is 6.20 Å². The van der Waals surface area contributed by atoms with Crippen molar-refractivity contribution in [3.8, 4) is 6.07 Å². The predicted octanol–water partition coefficient (Wildman–Crippen LogP) is -0.656. The number of aliphatic imine (C=N–C) groups is 1. The smallest absolute Gasteiger partial charge is 0.184 e. The first-order chi connectivity index (χ1) is 4.34. The maximum atomic E-state index is 8.84. The van der Waals surface area contributed by atoms with E-state index < -0.39 is 6.23 Å². The summed E-state index contributed by atoms with van der Waals surface area (Å²) in [6, 6.07) is 1.79. The van der Waals surface area contributed by atoms with Crippen LogP contribution in [0.2, 0.25) is 0 Å². The van der Waals surface area contributed by atoms with Crippen molar-refractivity contribution in [3.63, 3.8) is 0 Å². The van der Waals surface area contributed by atoms with Crippen LogP contribution in [0.4, 0.5) is 0 Å². The van der Waals surface area contributed by atoms with Crippen molar-refractivity contribution in [1.29, 1.82) is 5.26 Å². The fourth-order valence-corrected chi connectivity index (χ4v) is 0.486. The summed E-state index contributed by atoms with van der Waals surface area (Å²) >= 11 is 0. The van der Waals surface area contributed by atoms with E-state index in [4.69, 9.17) is 10.4 Å². The summed E-state index contributed by atoms with van der Waals surface area (Å²) in [6.45, 7) is 0. The molecule has 1 rings (SSSR count). The molecule has 46 valence electrons. The summed E-state index contributed by atoms with van der Waals surface area (Å²) in [6.07, 6.45) is 1.78. The third-order valence-corrected chi connectivity index (χ3v) is 0.936. The van der Waals surface area contributed by atoms with E-state index in [1.54, 1.807) is 6.07 Å². The second-order valence-electron chi connectivity index (χ2n) is 1.53. The number of hydrogen-bond acceptors (Lipinski definition) is 4. The Morgan fingerprint density at radius 2 is 2.67 bits per heavy atom. The van der Waals surface area contributed by atoms with Gasteiger partial charge in [-0.25, -0.2) is 4.99 Å². The molecular formula is C5H5N3O. The van der Waals surface area contributed by atoms with E-state index in [1.165, 1.54) is 12.5 Å². The molecule has 1 aliphatic rings. The van der Waals surface area contributed by atoms with Crippen LogP contribution in [-0.2, 0) is 0 Å². The van der Waals surface area contributed by atoms with Crippen molar-refractivity contribution >= 4 is 6.34 Å². The minimum absolute atomic E-state index is 0.234. The van der Waals surface area contributed by atoms with Gasteiger partial charge in [0.15, 0.2) is 6.23 Å². The quantitative estimate of drug-likeness (QED) is 0.449. The zero-order valence-corrected chi connectivity index (χ0v) is 4.57. The first kappa shape index (κ1) is 5.79. The minimum Gasteiger partial charge on any atom is -0.367 e. The summed E-state index contributed by atoms with van der Waals surface area (Å²) in [7, 11) is 0. The van der Waals surface area contributed by atoms with Crippen LogP contribution in [0, 0.1) is 11.3 Å². The normalized spacial score (nSPS) is 24.0. The van der Waals surface area contributed by atoms with Gasteiger partial charge in [-0.2, -0.15) is 5.26 Å². The van der Waals surface area contributed by atoms with E-state index >= 15 is 0 Å². The highest BCUT2D eigenvalue weighted by atomic mass is 16.3. The summed E-state index contributed by atoms with van der Waals surface area (Å²) in [5, 5.41) is 19.7. The van der Waals surface area contributed by atoms with Crippen molar-refractivity contribution in [1.82, 2.24) is 5.32 Å². The number of nitrogens with one attached hydrogen (secondary N) is 1. The van der Waals surface area contributed by atoms with Gasteiger partial charge in [-0.3, -0.25) is 0 Å². The molecule has 0 spiro atoms. The van der Waals surface area contributed by atoms with E-state index in [2.05, 4.69) is 10.3 Å². The molecule has 0 saturated carbocycles. The van der Waals surface area contributed by atoms with Crippen molar-refractivity contribution in [2.75, 3.05) is 0 Å². The lowest BCUT2D eigenvalue weighted by Crippen LogP contribution is -2.17. The number of aliphatic hydroxyl groups excluding tert-OH is 1. The average Bonchev–Trinajstić information content (AvgIpc) is 1.89. The first-order valence-electron chi connectivity index (χ1n) is 2.40. The molecule has 0 amide bonds. The molecule has 0 aromatic heterocycles. The molecule has 1 unspecified atom stereocenters. The highest BCUT2D eigenvalue weighted by Crippen LogP contribution is 2.01. The van der Waals surface area contributed by atoms with Crippen LogP contribution in [0.25, 0.3) is 0 Å². The molecule has 4 heteroatoms. The number of nitrogens with zero attached hydrogens (tertiary/aromatic N) is 2. The number of aliphatic hydroxyl groups is 1. The van der Waals surface area contributed by atoms with Gasteiger partial charge >= 0.3 is 0 Å². The molecule has 4 nitrogen and oxygen atoms in total. The number of hydrogen-bond donors (Lipinski definition) is 2. The fourth-order valence-electron chi connectivity index (χ4n) is 0.486. The van der Waals surface area contributed by atoms with E-state index in [0.29, 0.717) is 0 Å². The van der Waals surface area contributed by atoms with Crippen LogP contribution in [0.15, 0.2) is 16.8 Å². The summed E-state index contributed by atoms with van der Waals surface area (Å²) in [4.78, 5) is 3.51. The first-order valence-corrected chi connectivity index (χ1v) is 2.40. The maximum absolute atomic E-state index is 8.84. The lowest BCUT2D eigenvalue weighted by Gasteiger charge is -2.06. The molecule has 0 aliphatic carbocycles. The standard InChI is InChI=1S/C5H5N3O/c6-1-4-2-7-3-8-5(4)9/h2-3,5,9H,(H,7,8). The highest BCUT2D eigenvalue weighted by molar-refractivity contribution is 5.59. The molecular weight excluding hydrogens is 118 g/mol. The average molecular weight is 123 g/mol. The molecule has 0 aromatic rings. The lowest BCUT2D eigenvalue weighted by atomic mass is 10.3. The summed E-state index contributed by atoms with van der Waals surface area (Å²) in [5.74, 6) is 0. The van der Waals surface area contributed by atoms with Gasteiger partial charge in [0.2, 0.25) is 0 Å². The lowest BCUT2D eigenvalue weighted by molar-refractivity contribution is 0.224. The van der Waals surface area contributed by atoms with Crippen molar-refractivity contribution in [3.05, 3.63) is 11.8 Å². The molecule has 2 N–H and O–H groups in total. The van der Waals surface area contributed by atoms with E-state index in [1.807, 2.05) is 0 Å². The third-order valence-electron chi connectivity index (χ3n) is 0.936. The predicted molar refractivity (Wildman–Crippen MR) is 31.3 cm³/mol. The molecule has 1 atom stereocenters. The van der Waals surface area contributed by atoms with Gasteiger partial charge in [0.05, 0.1) is 11.9 Å². The SMILES string of the molecule is N#CC1=CNC=NC1O. The molecule has 1 aliphatic heterocycles. The van der Waals surface area contributed by atoms with Crippen LogP contribution >= 0.6 is 0 Å². The van der Waals surface area contributed by atoms with E-state index in [0.717, 1.165) is 0 Å². The topological polar surface area (TPSA) is 68.4 Å². The van der Waals surface area contributed by atoms with Crippen LogP contribution in [0.3, 0.4) is 0 Å². The van der Waals surface area contributed by atoms with E-state index in [9.17, 15) is 0 Å². The van der Waals surface area contributed by atoms with Gasteiger partial charge in [-0.15, -0.1) is 0 Å². The zero-order chi connectivity index (χ0) is 6.69. The van der Waals surface area contributed by atoms with Crippen LogP contribution in [0.5, 0.6) is 0 Å². The molecule has 1 heterocycles. The largest absolute Gasteiger partial charge is 0.367 e. The van der Waals surface area contributed by atoms with Crippen molar-refractivity contribution < 1.29 is 5.11 Å². The second kappa shape index (κ2) is 2.29. The van der Waals surface area contributed by atoms with Crippen molar-refractivity contribution in [2.45, 2.75) is 6.23 Å². The van der Waals surface area contributed by atoms with Gasteiger partial charge in [0.25, 0.3) is 0 Å². The van der Waals surface area contributed by atoms with Gasteiger partial charge in [-0.1, -0.05) is 0 Å².